The Bertz CT molecular complexity index is 390. The summed E-state index contributed by atoms with van der Waals surface area (Å²) in [5.74, 6) is -1.19. The molecule has 0 heterocycles. The van der Waals surface area contributed by atoms with Gasteiger partial charge in [-0.15, -0.1) is 0 Å². The maximum absolute atomic E-state index is 11.3. The third-order valence-electron chi connectivity index (χ3n) is 5.69. The Balaban J connectivity index is 2.50. The normalized spacial score (nSPS) is 39.7. The van der Waals surface area contributed by atoms with Crippen molar-refractivity contribution < 1.29 is 19.8 Å². The summed E-state index contributed by atoms with van der Waals surface area (Å²) in [6.45, 7) is 4.01. The predicted molar refractivity (Wildman–Crippen MR) is 70.7 cm³/mol. The molecule has 0 spiro atoms. The van der Waals surface area contributed by atoms with E-state index in [1.807, 2.05) is 13.8 Å². The Labute approximate surface area is 113 Å². The average molecular weight is 266 g/mol. The van der Waals surface area contributed by atoms with Gasteiger partial charge in [-0.1, -0.05) is 26.0 Å². The van der Waals surface area contributed by atoms with Crippen molar-refractivity contribution in [3.63, 3.8) is 0 Å². The molecule has 0 aromatic heterocycles. The topological polar surface area (TPSA) is 74.6 Å². The molecule has 2 N–H and O–H groups in total. The quantitative estimate of drug-likeness (QED) is 0.725. The van der Waals surface area contributed by atoms with Gasteiger partial charge >= 0.3 is 11.9 Å². The van der Waals surface area contributed by atoms with Crippen molar-refractivity contribution in [2.75, 3.05) is 0 Å². The molecule has 2 bridgehead atoms. The van der Waals surface area contributed by atoms with E-state index >= 15 is 0 Å². The number of rotatable bonds is 6. The number of carboxylic acid groups (broad SMARTS) is 2. The fraction of sp³-hybridized carbons (Fsp3) is 0.733. The summed E-state index contributed by atoms with van der Waals surface area (Å²) < 4.78 is 0. The van der Waals surface area contributed by atoms with Crippen molar-refractivity contribution in [3.05, 3.63) is 12.2 Å². The van der Waals surface area contributed by atoms with Gasteiger partial charge in [0.15, 0.2) is 0 Å². The number of carbonyl (C=O) groups is 2. The summed E-state index contributed by atoms with van der Waals surface area (Å²) in [7, 11) is 0. The highest BCUT2D eigenvalue weighted by molar-refractivity contribution is 5.71. The highest BCUT2D eigenvalue weighted by Crippen LogP contribution is 2.69. The van der Waals surface area contributed by atoms with Crippen LogP contribution in [0.4, 0.5) is 0 Å². The lowest BCUT2D eigenvalue weighted by Crippen LogP contribution is -2.47. The first-order valence-corrected chi connectivity index (χ1v) is 7.03. The van der Waals surface area contributed by atoms with Crippen molar-refractivity contribution in [1.29, 1.82) is 0 Å². The standard InChI is InChI=1S/C15H22O4/c1-3-14(8-12(16)17)10-5-6-11(7-10)15(14,4-2)9-13(18)19/h5-6,10-11H,3-4,7-9H2,1-2H3,(H,16,17)(H,18,19). The number of carboxylic acids is 2. The van der Waals surface area contributed by atoms with Crippen LogP contribution in [0.5, 0.6) is 0 Å². The monoisotopic (exact) mass is 266 g/mol. The van der Waals surface area contributed by atoms with Crippen molar-refractivity contribution in [1.82, 2.24) is 0 Å². The fourth-order valence-corrected chi connectivity index (χ4v) is 4.89. The van der Waals surface area contributed by atoms with Crippen LogP contribution in [-0.4, -0.2) is 22.2 Å². The van der Waals surface area contributed by atoms with Crippen molar-refractivity contribution in [2.45, 2.75) is 46.0 Å². The lowest BCUT2D eigenvalue weighted by molar-refractivity contribution is -0.151. The lowest BCUT2D eigenvalue weighted by atomic mass is 9.52. The van der Waals surface area contributed by atoms with E-state index in [0.717, 1.165) is 19.3 Å². The average Bonchev–Trinajstić information content (AvgIpc) is 2.89. The Hall–Kier alpha value is -1.32. The highest BCUT2D eigenvalue weighted by atomic mass is 16.4. The summed E-state index contributed by atoms with van der Waals surface area (Å²) in [6.07, 6.45) is 6.77. The molecule has 0 aliphatic heterocycles. The Morgan fingerprint density at radius 1 is 1.00 bits per heavy atom. The maximum atomic E-state index is 11.3. The molecule has 2 aliphatic rings. The van der Waals surface area contributed by atoms with Crippen LogP contribution >= 0.6 is 0 Å². The van der Waals surface area contributed by atoms with Crippen LogP contribution in [0.1, 0.15) is 46.0 Å². The second-order valence-corrected chi connectivity index (χ2v) is 5.99. The van der Waals surface area contributed by atoms with Crippen LogP contribution in [0, 0.1) is 22.7 Å². The van der Waals surface area contributed by atoms with Crippen LogP contribution in [0.25, 0.3) is 0 Å². The zero-order valence-electron chi connectivity index (χ0n) is 11.6. The first kappa shape index (κ1) is 14.1. The molecule has 4 unspecified atom stereocenters. The summed E-state index contributed by atoms with van der Waals surface area (Å²) >= 11 is 0. The summed E-state index contributed by atoms with van der Waals surface area (Å²) in [5.41, 5.74) is -0.795. The van der Waals surface area contributed by atoms with Crippen molar-refractivity contribution in [2.24, 2.45) is 22.7 Å². The summed E-state index contributed by atoms with van der Waals surface area (Å²) in [6, 6.07) is 0. The number of fused-ring (bicyclic) bond motifs is 2. The van der Waals surface area contributed by atoms with E-state index in [-0.39, 0.29) is 24.7 Å². The third kappa shape index (κ3) is 1.80. The molecule has 2 aliphatic carbocycles. The van der Waals surface area contributed by atoms with E-state index in [4.69, 9.17) is 0 Å². The molecule has 2 rings (SSSR count). The smallest absolute Gasteiger partial charge is 0.303 e. The summed E-state index contributed by atoms with van der Waals surface area (Å²) in [4.78, 5) is 22.6. The second kappa shape index (κ2) is 4.66. The molecule has 4 atom stereocenters. The first-order valence-electron chi connectivity index (χ1n) is 7.03. The number of hydrogen-bond acceptors (Lipinski definition) is 2. The zero-order chi connectivity index (χ0) is 14.3. The van der Waals surface area contributed by atoms with Gasteiger partial charge in [0, 0.05) is 0 Å². The minimum atomic E-state index is -0.814. The minimum absolute atomic E-state index is 0.0795. The van der Waals surface area contributed by atoms with E-state index in [9.17, 15) is 19.8 Å². The number of allylic oxidation sites excluding steroid dienone is 2. The first-order chi connectivity index (χ1) is 8.91. The van der Waals surface area contributed by atoms with E-state index in [1.54, 1.807) is 0 Å². The Morgan fingerprint density at radius 2 is 1.37 bits per heavy atom. The van der Waals surface area contributed by atoms with Crippen LogP contribution in [0.3, 0.4) is 0 Å². The van der Waals surface area contributed by atoms with E-state index in [2.05, 4.69) is 12.2 Å². The van der Waals surface area contributed by atoms with E-state index in [1.165, 1.54) is 0 Å². The van der Waals surface area contributed by atoms with Gasteiger partial charge < -0.3 is 10.2 Å². The van der Waals surface area contributed by atoms with Crippen molar-refractivity contribution in [3.8, 4) is 0 Å². The molecule has 0 aromatic rings. The third-order valence-corrected chi connectivity index (χ3v) is 5.69. The molecule has 106 valence electrons. The highest BCUT2D eigenvalue weighted by Gasteiger charge is 2.64. The van der Waals surface area contributed by atoms with Crippen molar-refractivity contribution >= 4 is 11.9 Å². The molecule has 0 saturated heterocycles. The molecule has 0 amide bonds. The van der Waals surface area contributed by atoms with E-state index < -0.39 is 22.8 Å². The number of hydrogen-bond donors (Lipinski definition) is 2. The van der Waals surface area contributed by atoms with Gasteiger partial charge in [-0.3, -0.25) is 9.59 Å². The van der Waals surface area contributed by atoms with Gasteiger partial charge in [-0.2, -0.15) is 0 Å². The molecule has 1 fully saturated rings. The van der Waals surface area contributed by atoms with Gasteiger partial charge in [0.05, 0.1) is 12.8 Å². The minimum Gasteiger partial charge on any atom is -0.481 e. The van der Waals surface area contributed by atoms with Crippen LogP contribution in [0.15, 0.2) is 12.2 Å². The molecule has 1 saturated carbocycles. The SMILES string of the molecule is CCC1(CC(=O)O)C2C=CC(C2)C1(CC)CC(=O)O. The molecular weight excluding hydrogens is 244 g/mol. The van der Waals surface area contributed by atoms with E-state index in [0.29, 0.717) is 0 Å². The largest absolute Gasteiger partial charge is 0.481 e. The lowest BCUT2D eigenvalue weighted by Gasteiger charge is -2.50. The molecule has 19 heavy (non-hydrogen) atoms. The van der Waals surface area contributed by atoms with Gasteiger partial charge in [-0.25, -0.2) is 0 Å². The fourth-order valence-electron chi connectivity index (χ4n) is 4.89. The van der Waals surface area contributed by atoms with Gasteiger partial charge in [0.25, 0.3) is 0 Å². The van der Waals surface area contributed by atoms with Gasteiger partial charge in [0.2, 0.25) is 0 Å². The second-order valence-electron chi connectivity index (χ2n) is 5.99. The van der Waals surface area contributed by atoms with Crippen LogP contribution in [0.2, 0.25) is 0 Å². The molecular formula is C15H22O4. The van der Waals surface area contributed by atoms with Gasteiger partial charge in [0.1, 0.15) is 0 Å². The molecule has 0 radical (unpaired) electrons. The van der Waals surface area contributed by atoms with Crippen LogP contribution in [-0.2, 0) is 9.59 Å². The van der Waals surface area contributed by atoms with Gasteiger partial charge in [-0.05, 0) is 41.9 Å². The summed E-state index contributed by atoms with van der Waals surface area (Å²) in [5, 5.41) is 18.6. The molecule has 4 heteroatoms. The van der Waals surface area contributed by atoms with Crippen LogP contribution < -0.4 is 0 Å². The molecule has 4 nitrogen and oxygen atoms in total. The zero-order valence-corrected chi connectivity index (χ0v) is 11.6. The molecule has 0 aromatic carbocycles. The Kier molecular flexibility index (Phi) is 3.45. The number of aliphatic carboxylic acids is 2. The predicted octanol–water partition coefficient (Wildman–Crippen LogP) is 2.93. The Morgan fingerprint density at radius 3 is 1.63 bits per heavy atom. The maximum Gasteiger partial charge on any atom is 0.303 e.